The van der Waals surface area contributed by atoms with E-state index in [0.29, 0.717) is 0 Å². The number of nitrogens with one attached hydrogen (secondary N) is 2. The van der Waals surface area contributed by atoms with Gasteiger partial charge < -0.3 is 15.4 Å². The van der Waals surface area contributed by atoms with Crippen LogP contribution in [0.1, 0.15) is 34.6 Å². The predicted octanol–water partition coefficient (Wildman–Crippen LogP) is 1.16. The molecule has 4 nitrogen and oxygen atoms in total. The maximum Gasteiger partial charge on any atom is 0.324 e. The molecule has 0 radical (unpaired) electrons. The van der Waals surface area contributed by atoms with Crippen LogP contribution in [-0.2, 0) is 9.53 Å². The first-order chi connectivity index (χ1) is 7.14. The minimum Gasteiger partial charge on any atom is -0.459 e. The quantitative estimate of drug-likeness (QED) is 0.696. The maximum absolute atomic E-state index is 12.0. The van der Waals surface area contributed by atoms with Gasteiger partial charge in [0.25, 0.3) is 0 Å². The number of likely N-dealkylation sites (N-methyl/N-ethyl adjacent to an activating group) is 1. The molecule has 0 heterocycles. The second kappa shape index (κ2) is 5.64. The van der Waals surface area contributed by atoms with Gasteiger partial charge in [-0.2, -0.15) is 0 Å². The summed E-state index contributed by atoms with van der Waals surface area (Å²) >= 11 is 0. The Morgan fingerprint density at radius 3 is 2.00 bits per heavy atom. The number of hydrogen-bond acceptors (Lipinski definition) is 4. The third-order valence-electron chi connectivity index (χ3n) is 2.35. The molecule has 0 aliphatic rings. The molecule has 0 aliphatic heterocycles. The second-order valence-electron chi connectivity index (χ2n) is 5.77. The molecule has 0 spiro atoms. The van der Waals surface area contributed by atoms with Crippen molar-refractivity contribution in [3.8, 4) is 0 Å². The number of carbonyl (C=O) groups excluding carboxylic acids is 1. The third-order valence-corrected chi connectivity index (χ3v) is 2.35. The summed E-state index contributed by atoms with van der Waals surface area (Å²) in [6.07, 6.45) is 0. The Bertz CT molecular complexity index is 232. The van der Waals surface area contributed by atoms with Crippen LogP contribution < -0.4 is 10.6 Å². The van der Waals surface area contributed by atoms with Crippen LogP contribution in [0.4, 0.5) is 0 Å². The molecule has 0 aromatic carbocycles. The van der Waals surface area contributed by atoms with Gasteiger partial charge in [-0.25, -0.2) is 0 Å². The van der Waals surface area contributed by atoms with Crippen molar-refractivity contribution in [2.45, 2.75) is 46.3 Å². The first-order valence-corrected chi connectivity index (χ1v) is 5.69. The zero-order valence-electron chi connectivity index (χ0n) is 11.6. The lowest BCUT2D eigenvalue weighted by Gasteiger charge is -2.34. The van der Waals surface area contributed by atoms with Crippen LogP contribution in [0.15, 0.2) is 0 Å². The van der Waals surface area contributed by atoms with Crippen molar-refractivity contribution < 1.29 is 9.53 Å². The highest BCUT2D eigenvalue weighted by Crippen LogP contribution is 2.22. The largest absolute Gasteiger partial charge is 0.459 e. The van der Waals surface area contributed by atoms with E-state index in [2.05, 4.69) is 10.6 Å². The van der Waals surface area contributed by atoms with E-state index in [1.54, 1.807) is 7.05 Å². The van der Waals surface area contributed by atoms with Crippen molar-refractivity contribution in [1.29, 1.82) is 0 Å². The molecule has 0 aliphatic carbocycles. The fraction of sp³-hybridized carbons (Fsp3) is 0.917. The van der Waals surface area contributed by atoms with E-state index >= 15 is 0 Å². The molecule has 0 bridgehead atoms. The van der Waals surface area contributed by atoms with Gasteiger partial charge >= 0.3 is 5.97 Å². The molecular weight excluding hydrogens is 204 g/mol. The van der Waals surface area contributed by atoms with Crippen molar-refractivity contribution in [3.63, 3.8) is 0 Å². The Morgan fingerprint density at radius 2 is 1.69 bits per heavy atom. The van der Waals surface area contributed by atoms with Crippen LogP contribution in [-0.4, -0.2) is 38.3 Å². The lowest BCUT2D eigenvalue weighted by atomic mass is 9.84. The van der Waals surface area contributed by atoms with Gasteiger partial charge in [-0.3, -0.25) is 4.79 Å². The third kappa shape index (κ3) is 4.94. The molecule has 1 atom stereocenters. The Hall–Kier alpha value is -0.610. The molecule has 0 aromatic heterocycles. The van der Waals surface area contributed by atoms with Crippen molar-refractivity contribution in [1.82, 2.24) is 10.6 Å². The van der Waals surface area contributed by atoms with Crippen molar-refractivity contribution in [3.05, 3.63) is 0 Å². The van der Waals surface area contributed by atoms with E-state index in [-0.39, 0.29) is 17.4 Å². The Balaban J connectivity index is 4.67. The van der Waals surface area contributed by atoms with Crippen molar-refractivity contribution in [2.75, 3.05) is 20.6 Å². The molecule has 0 saturated heterocycles. The van der Waals surface area contributed by atoms with E-state index in [0.717, 1.165) is 6.54 Å². The van der Waals surface area contributed by atoms with Crippen LogP contribution >= 0.6 is 0 Å². The van der Waals surface area contributed by atoms with Crippen LogP contribution in [0.2, 0.25) is 0 Å². The van der Waals surface area contributed by atoms with E-state index in [4.69, 9.17) is 4.74 Å². The summed E-state index contributed by atoms with van der Waals surface area (Å²) in [6, 6.07) is -0.306. The van der Waals surface area contributed by atoms with E-state index < -0.39 is 5.60 Å². The molecule has 2 N–H and O–H groups in total. The monoisotopic (exact) mass is 230 g/mol. The average Bonchev–Trinajstić information content (AvgIpc) is 1.99. The molecule has 4 heteroatoms. The summed E-state index contributed by atoms with van der Waals surface area (Å²) in [7, 11) is 3.66. The predicted molar refractivity (Wildman–Crippen MR) is 66.4 cm³/mol. The van der Waals surface area contributed by atoms with Gasteiger partial charge in [-0.05, 0) is 34.9 Å². The highest BCUT2D eigenvalue weighted by atomic mass is 16.6. The normalized spacial score (nSPS) is 14.7. The fourth-order valence-electron chi connectivity index (χ4n) is 1.75. The summed E-state index contributed by atoms with van der Waals surface area (Å²) in [5.41, 5.74) is -0.631. The number of ether oxygens (including phenoxy) is 1. The van der Waals surface area contributed by atoms with Gasteiger partial charge in [0.2, 0.25) is 0 Å². The molecular formula is C12H26N2O2. The first-order valence-electron chi connectivity index (χ1n) is 5.69. The topological polar surface area (TPSA) is 50.4 Å². The lowest BCUT2D eigenvalue weighted by Crippen LogP contribution is -2.52. The molecule has 0 amide bonds. The Morgan fingerprint density at radius 1 is 1.19 bits per heavy atom. The molecule has 96 valence electrons. The van der Waals surface area contributed by atoms with Crippen molar-refractivity contribution >= 4 is 5.97 Å². The Labute approximate surface area is 99.1 Å². The average molecular weight is 230 g/mol. The highest BCUT2D eigenvalue weighted by Gasteiger charge is 2.36. The standard InChI is InChI=1S/C12H26N2O2/c1-11(2,3)16-10(15)9(14-7)12(4,5)8-13-6/h9,13-14H,8H2,1-7H3/t9-/m1/s1. The zero-order chi connectivity index (χ0) is 13.0. The van der Waals surface area contributed by atoms with Crippen LogP contribution in [0.25, 0.3) is 0 Å². The molecule has 0 saturated carbocycles. The van der Waals surface area contributed by atoms with Crippen LogP contribution in [0.5, 0.6) is 0 Å². The molecule has 0 unspecified atom stereocenters. The Kier molecular flexibility index (Phi) is 5.42. The van der Waals surface area contributed by atoms with Crippen LogP contribution in [0.3, 0.4) is 0 Å². The zero-order valence-corrected chi connectivity index (χ0v) is 11.6. The lowest BCUT2D eigenvalue weighted by molar-refractivity contribution is -0.160. The molecule has 0 rings (SSSR count). The summed E-state index contributed by atoms with van der Waals surface area (Å²) in [5, 5.41) is 6.13. The maximum atomic E-state index is 12.0. The first kappa shape index (κ1) is 15.4. The summed E-state index contributed by atoms with van der Waals surface area (Å²) in [6.45, 7) is 10.5. The summed E-state index contributed by atoms with van der Waals surface area (Å²) in [5.74, 6) is -0.199. The minimum atomic E-state index is -0.443. The summed E-state index contributed by atoms with van der Waals surface area (Å²) < 4.78 is 5.39. The van der Waals surface area contributed by atoms with Gasteiger partial charge in [-0.15, -0.1) is 0 Å². The number of rotatable bonds is 5. The fourth-order valence-corrected chi connectivity index (χ4v) is 1.75. The number of esters is 1. The second-order valence-corrected chi connectivity index (χ2v) is 5.77. The SMILES string of the molecule is CNCC(C)(C)[C@H](NC)C(=O)OC(C)(C)C. The highest BCUT2D eigenvalue weighted by molar-refractivity contribution is 5.77. The number of carbonyl (C=O) groups is 1. The number of hydrogen-bond donors (Lipinski definition) is 2. The van der Waals surface area contributed by atoms with Crippen molar-refractivity contribution in [2.24, 2.45) is 5.41 Å². The van der Waals surface area contributed by atoms with Gasteiger partial charge in [0.15, 0.2) is 0 Å². The van der Waals surface area contributed by atoms with Gasteiger partial charge in [0, 0.05) is 12.0 Å². The minimum absolute atomic E-state index is 0.189. The van der Waals surface area contributed by atoms with E-state index in [9.17, 15) is 4.79 Å². The smallest absolute Gasteiger partial charge is 0.324 e. The van der Waals surface area contributed by atoms with E-state index in [1.165, 1.54) is 0 Å². The van der Waals surface area contributed by atoms with Crippen LogP contribution in [0, 0.1) is 5.41 Å². The molecule has 0 aromatic rings. The van der Waals surface area contributed by atoms with Gasteiger partial charge in [0.1, 0.15) is 11.6 Å². The summed E-state index contributed by atoms with van der Waals surface area (Å²) in [4.78, 5) is 12.0. The molecule has 0 fully saturated rings. The van der Waals surface area contributed by atoms with Gasteiger partial charge in [0.05, 0.1) is 0 Å². The van der Waals surface area contributed by atoms with E-state index in [1.807, 2.05) is 41.7 Å². The molecule has 16 heavy (non-hydrogen) atoms. The van der Waals surface area contributed by atoms with Gasteiger partial charge in [-0.1, -0.05) is 13.8 Å².